The topological polar surface area (TPSA) is 138 Å². The summed E-state index contributed by atoms with van der Waals surface area (Å²) < 4.78 is 39.3. The summed E-state index contributed by atoms with van der Waals surface area (Å²) in [7, 11) is 1.46. The molecule has 0 spiro atoms. The first-order valence-corrected chi connectivity index (χ1v) is 23.9. The van der Waals surface area contributed by atoms with Gasteiger partial charge in [0, 0.05) is 12.8 Å². The predicted octanol–water partition coefficient (Wildman–Crippen LogP) is 10.6. The molecule has 328 valence electrons. The zero-order valence-corrected chi connectivity index (χ0v) is 37.1. The number of esters is 2. The molecule has 3 unspecified atom stereocenters. The van der Waals surface area contributed by atoms with E-state index in [2.05, 4.69) is 13.8 Å². The molecule has 0 aliphatic heterocycles. The number of aliphatic hydroxyl groups excluding tert-OH is 1. The minimum atomic E-state index is -4.33. The fraction of sp³-hybridized carbons (Fsp3) is 0.953. The van der Waals surface area contributed by atoms with Crippen molar-refractivity contribution < 1.29 is 51.9 Å². The smallest absolute Gasteiger partial charge is 0.462 e. The fourth-order valence-electron chi connectivity index (χ4n) is 6.22. The zero-order valence-electron chi connectivity index (χ0n) is 36.3. The van der Waals surface area contributed by atoms with Crippen LogP contribution in [-0.4, -0.2) is 99.4 Å². The van der Waals surface area contributed by atoms with Crippen LogP contribution in [0.2, 0.25) is 0 Å². The quantitative estimate of drug-likeness (QED) is 0.0265. The van der Waals surface area contributed by atoms with E-state index in [-0.39, 0.29) is 44.8 Å². The van der Waals surface area contributed by atoms with Crippen LogP contribution < -0.4 is 0 Å². The molecule has 12 heteroatoms. The van der Waals surface area contributed by atoms with Crippen LogP contribution in [0.1, 0.15) is 194 Å². The number of likely N-dealkylation sites (N-methyl/N-ethyl adjacent to an activating group) is 1. The normalized spacial score (nSPS) is 14.1. The van der Waals surface area contributed by atoms with Crippen molar-refractivity contribution in [1.82, 2.24) is 0 Å². The van der Waals surface area contributed by atoms with E-state index < -0.39 is 26.6 Å². The summed E-state index contributed by atoms with van der Waals surface area (Å²) in [6.07, 6.45) is 30.3. The van der Waals surface area contributed by atoms with Gasteiger partial charge in [-0.3, -0.25) is 18.6 Å². The number of hydrogen-bond donors (Lipinski definition) is 2. The number of carbonyl (C=O) groups excluding carboxylic acids is 2. The summed E-state index contributed by atoms with van der Waals surface area (Å²) in [6, 6.07) is 0. The summed E-state index contributed by atoms with van der Waals surface area (Å²) in [6.45, 7) is 4.06. The van der Waals surface area contributed by atoms with E-state index in [9.17, 15) is 24.2 Å². The van der Waals surface area contributed by atoms with Crippen molar-refractivity contribution in [2.45, 2.75) is 206 Å². The van der Waals surface area contributed by atoms with E-state index in [0.29, 0.717) is 17.4 Å². The number of nitrogens with zero attached hydrogens (tertiary/aromatic N) is 1. The van der Waals surface area contributed by atoms with Crippen molar-refractivity contribution in [3.8, 4) is 0 Å². The Morgan fingerprint density at radius 3 is 1.36 bits per heavy atom. The van der Waals surface area contributed by atoms with Crippen molar-refractivity contribution in [3.05, 3.63) is 0 Å². The van der Waals surface area contributed by atoms with Crippen LogP contribution >= 0.6 is 7.82 Å². The molecule has 0 saturated carbocycles. The first-order chi connectivity index (χ1) is 26.4. The second kappa shape index (κ2) is 37.2. The maximum absolute atomic E-state index is 12.7. The highest BCUT2D eigenvalue weighted by Gasteiger charge is 2.25. The summed E-state index contributed by atoms with van der Waals surface area (Å²) in [5.41, 5.74) is 0. The Labute approximate surface area is 337 Å². The number of hydrogen-bond acceptors (Lipinski definition) is 9. The lowest BCUT2D eigenvalue weighted by Crippen LogP contribution is -2.37. The van der Waals surface area contributed by atoms with Gasteiger partial charge in [0.25, 0.3) is 0 Å². The monoisotopic (exact) mass is 809 g/mol. The van der Waals surface area contributed by atoms with Gasteiger partial charge in [0.05, 0.1) is 41.0 Å². The third kappa shape index (κ3) is 40.9. The van der Waals surface area contributed by atoms with E-state index in [0.717, 1.165) is 38.5 Å². The van der Waals surface area contributed by atoms with Crippen molar-refractivity contribution in [2.24, 2.45) is 0 Å². The average Bonchev–Trinajstić information content (AvgIpc) is 3.13. The molecule has 0 fully saturated rings. The Morgan fingerprint density at radius 2 is 0.945 bits per heavy atom. The number of carbonyl (C=O) groups is 2. The lowest BCUT2D eigenvalue weighted by molar-refractivity contribution is -0.870. The van der Waals surface area contributed by atoms with E-state index in [1.54, 1.807) is 0 Å². The molecular formula is C43H87NO10P+. The summed E-state index contributed by atoms with van der Waals surface area (Å²) in [4.78, 5) is 35.1. The number of phosphoric acid groups is 1. The Morgan fingerprint density at radius 1 is 0.545 bits per heavy atom. The molecule has 0 amide bonds. The number of rotatable bonds is 42. The number of ether oxygens (including phenoxy) is 3. The average molecular weight is 809 g/mol. The van der Waals surface area contributed by atoms with Gasteiger partial charge in [-0.25, -0.2) is 4.57 Å². The second-order valence-corrected chi connectivity index (χ2v) is 18.0. The van der Waals surface area contributed by atoms with E-state index in [1.165, 1.54) is 128 Å². The van der Waals surface area contributed by atoms with Crippen LogP contribution in [0.15, 0.2) is 0 Å². The number of phosphoric ester groups is 1. The maximum atomic E-state index is 12.7. The molecule has 0 aliphatic rings. The molecule has 0 saturated heterocycles. The van der Waals surface area contributed by atoms with Gasteiger partial charge in [0.2, 0.25) is 0 Å². The van der Waals surface area contributed by atoms with Gasteiger partial charge >= 0.3 is 19.8 Å². The highest BCUT2D eigenvalue weighted by Crippen LogP contribution is 2.43. The van der Waals surface area contributed by atoms with E-state index >= 15 is 0 Å². The molecule has 0 aromatic heterocycles. The van der Waals surface area contributed by atoms with Crippen LogP contribution in [0.5, 0.6) is 0 Å². The largest absolute Gasteiger partial charge is 0.472 e. The molecule has 3 atom stereocenters. The van der Waals surface area contributed by atoms with E-state index in [1.807, 2.05) is 21.1 Å². The van der Waals surface area contributed by atoms with Crippen LogP contribution in [0.4, 0.5) is 0 Å². The third-order valence-electron chi connectivity index (χ3n) is 9.76. The molecule has 0 aromatic carbocycles. The highest BCUT2D eigenvalue weighted by molar-refractivity contribution is 7.47. The number of unbranched alkanes of at least 4 members (excludes halogenated alkanes) is 24. The first-order valence-electron chi connectivity index (χ1n) is 22.4. The van der Waals surface area contributed by atoms with E-state index in [4.69, 9.17) is 23.3 Å². The Bertz CT molecular complexity index is 932. The van der Waals surface area contributed by atoms with Crippen LogP contribution in [0.25, 0.3) is 0 Å². The second-order valence-electron chi connectivity index (χ2n) is 16.6. The summed E-state index contributed by atoms with van der Waals surface area (Å²) in [5.74, 6) is -0.710. The molecule has 0 aromatic rings. The zero-order chi connectivity index (χ0) is 40.9. The van der Waals surface area contributed by atoms with Gasteiger partial charge in [0.1, 0.15) is 25.9 Å². The minimum absolute atomic E-state index is 0.0221. The summed E-state index contributed by atoms with van der Waals surface area (Å²) in [5, 5.41) is 10.3. The standard InChI is InChI=1S/C43H86NO10P/c1-6-8-10-12-14-16-18-20-22-24-26-28-30-32-42(46)51-39-41(38-50-36-40(45)37-53-55(48,49)52-35-34-44(3,4)5)54-43(47)33-31-29-27-25-23-21-19-17-15-13-11-9-7-2/h40-41,45H,6-39H2,1-5H3/p+1. The van der Waals surface area contributed by atoms with Crippen molar-refractivity contribution in [2.75, 3.05) is 60.7 Å². The fourth-order valence-corrected chi connectivity index (χ4v) is 6.97. The Balaban J connectivity index is 4.48. The Kier molecular flexibility index (Phi) is 36.5. The van der Waals surface area contributed by atoms with Gasteiger partial charge in [-0.2, -0.15) is 0 Å². The first kappa shape index (κ1) is 53.9. The van der Waals surface area contributed by atoms with Crippen LogP contribution in [0.3, 0.4) is 0 Å². The molecule has 55 heavy (non-hydrogen) atoms. The van der Waals surface area contributed by atoms with Crippen molar-refractivity contribution in [3.63, 3.8) is 0 Å². The van der Waals surface area contributed by atoms with Gasteiger partial charge < -0.3 is 28.7 Å². The summed E-state index contributed by atoms with van der Waals surface area (Å²) >= 11 is 0. The van der Waals surface area contributed by atoms with Crippen molar-refractivity contribution >= 4 is 19.8 Å². The molecule has 11 nitrogen and oxygen atoms in total. The molecule has 0 heterocycles. The third-order valence-corrected chi connectivity index (χ3v) is 10.7. The van der Waals surface area contributed by atoms with Crippen LogP contribution in [0, 0.1) is 0 Å². The van der Waals surface area contributed by atoms with Crippen LogP contribution in [-0.2, 0) is 37.4 Å². The SMILES string of the molecule is CCCCCCCCCCCCCCCC(=O)OCC(COCC(O)COP(=O)(O)OCC[N+](C)(C)C)OC(=O)CCCCCCCCCCCCCCC. The molecule has 2 N–H and O–H groups in total. The molecule has 0 rings (SSSR count). The molecule has 0 aliphatic carbocycles. The predicted molar refractivity (Wildman–Crippen MR) is 223 cm³/mol. The lowest BCUT2D eigenvalue weighted by Gasteiger charge is -2.24. The Hall–Kier alpha value is -1.07. The molecular weight excluding hydrogens is 721 g/mol. The van der Waals surface area contributed by atoms with Crippen molar-refractivity contribution in [1.29, 1.82) is 0 Å². The minimum Gasteiger partial charge on any atom is -0.462 e. The number of quaternary nitrogens is 1. The lowest BCUT2D eigenvalue weighted by atomic mass is 10.0. The van der Waals surface area contributed by atoms with Gasteiger partial charge in [-0.15, -0.1) is 0 Å². The van der Waals surface area contributed by atoms with Gasteiger partial charge in [-0.05, 0) is 12.8 Å². The molecule has 0 bridgehead atoms. The maximum Gasteiger partial charge on any atom is 0.472 e. The number of aliphatic hydroxyl groups is 1. The highest BCUT2D eigenvalue weighted by atomic mass is 31.2. The van der Waals surface area contributed by atoms with Gasteiger partial charge in [-0.1, -0.05) is 168 Å². The van der Waals surface area contributed by atoms with Gasteiger partial charge in [0.15, 0.2) is 6.10 Å². The molecule has 0 radical (unpaired) electrons.